The van der Waals surface area contributed by atoms with Crippen molar-refractivity contribution in [3.8, 4) is 23.0 Å². The maximum atomic E-state index is 10.4. The number of benzene rings is 2. The summed E-state index contributed by atoms with van der Waals surface area (Å²) in [6.07, 6.45) is 5.68. The molecular formula is C20H26O5. The zero-order valence-corrected chi connectivity index (χ0v) is 14.7. The maximum Gasteiger partial charge on any atom is 0.308 e. The molecule has 0 heterocycles. The van der Waals surface area contributed by atoms with E-state index in [4.69, 9.17) is 14.9 Å². The van der Waals surface area contributed by atoms with Crippen LogP contribution < -0.4 is 4.74 Å². The first-order chi connectivity index (χ1) is 11.9. The van der Waals surface area contributed by atoms with Gasteiger partial charge in [0.2, 0.25) is 0 Å². The molecule has 0 aliphatic rings. The van der Waals surface area contributed by atoms with Gasteiger partial charge in [-0.3, -0.25) is 4.79 Å². The number of aryl methyl sites for hydroxylation is 1. The second kappa shape index (κ2) is 11.0. The van der Waals surface area contributed by atoms with Gasteiger partial charge in [-0.1, -0.05) is 32.3 Å². The largest absolute Gasteiger partial charge is 0.508 e. The quantitative estimate of drug-likeness (QED) is 0.406. The van der Waals surface area contributed by atoms with Crippen LogP contribution in [-0.4, -0.2) is 21.3 Å². The number of hydrogen-bond acceptors (Lipinski definition) is 5. The van der Waals surface area contributed by atoms with Crippen molar-refractivity contribution >= 4 is 5.97 Å². The Morgan fingerprint density at radius 2 is 1.56 bits per heavy atom. The highest BCUT2D eigenvalue weighted by molar-refractivity contribution is 5.69. The van der Waals surface area contributed by atoms with E-state index in [9.17, 15) is 9.90 Å². The van der Waals surface area contributed by atoms with E-state index >= 15 is 0 Å². The molecule has 5 nitrogen and oxygen atoms in total. The van der Waals surface area contributed by atoms with E-state index in [0.717, 1.165) is 18.4 Å². The number of aromatic hydroxyl groups is 3. The van der Waals surface area contributed by atoms with Gasteiger partial charge >= 0.3 is 5.97 Å². The third-order valence-corrected chi connectivity index (χ3v) is 3.47. The molecule has 0 amide bonds. The summed E-state index contributed by atoms with van der Waals surface area (Å²) in [6.45, 7) is 3.50. The second-order valence-electron chi connectivity index (χ2n) is 5.71. The van der Waals surface area contributed by atoms with Gasteiger partial charge in [-0.15, -0.1) is 0 Å². The van der Waals surface area contributed by atoms with Gasteiger partial charge in [0.05, 0.1) is 0 Å². The Labute approximate surface area is 148 Å². The standard InChI is InChI=1S/C12H18O2.C8H8O3/c1-2-3-4-5-6-10-7-8-11(13)9-12(10)14;1-6(9)11-8-4-2-7(10)3-5-8/h7-9,13-14H,2-6H2,1H3;2-5,10H,1H3. The molecule has 0 saturated heterocycles. The predicted octanol–water partition coefficient (Wildman–Crippen LogP) is 4.54. The van der Waals surface area contributed by atoms with Crippen LogP contribution in [0.15, 0.2) is 42.5 Å². The van der Waals surface area contributed by atoms with Crippen LogP contribution in [0.4, 0.5) is 0 Å². The molecule has 2 aromatic rings. The molecule has 0 saturated carbocycles. The fourth-order valence-corrected chi connectivity index (χ4v) is 2.19. The lowest BCUT2D eigenvalue weighted by Gasteiger charge is -2.04. The average Bonchev–Trinajstić information content (AvgIpc) is 2.56. The number of phenolic OH excluding ortho intramolecular Hbond substituents is 3. The molecule has 0 atom stereocenters. The van der Waals surface area contributed by atoms with E-state index in [1.165, 1.54) is 56.5 Å². The van der Waals surface area contributed by atoms with E-state index in [2.05, 4.69) is 6.92 Å². The Morgan fingerprint density at radius 3 is 2.12 bits per heavy atom. The summed E-state index contributed by atoms with van der Waals surface area (Å²) in [5.74, 6) is 0.563. The number of ether oxygens (including phenoxy) is 1. The van der Waals surface area contributed by atoms with Gasteiger partial charge in [0.25, 0.3) is 0 Å². The summed E-state index contributed by atoms with van der Waals surface area (Å²) in [5.41, 5.74) is 0.930. The third-order valence-electron chi connectivity index (χ3n) is 3.47. The Morgan fingerprint density at radius 1 is 0.920 bits per heavy atom. The Hall–Kier alpha value is -2.69. The van der Waals surface area contributed by atoms with Gasteiger partial charge in [0.15, 0.2) is 0 Å². The van der Waals surface area contributed by atoms with Crippen molar-refractivity contribution < 1.29 is 24.9 Å². The summed E-state index contributed by atoms with van der Waals surface area (Å²) in [7, 11) is 0. The molecule has 0 aromatic heterocycles. The Balaban J connectivity index is 0.000000257. The summed E-state index contributed by atoms with van der Waals surface area (Å²) >= 11 is 0. The molecule has 0 bridgehead atoms. The molecular weight excluding hydrogens is 320 g/mol. The van der Waals surface area contributed by atoms with Crippen molar-refractivity contribution in [3.05, 3.63) is 48.0 Å². The van der Waals surface area contributed by atoms with Crippen LogP contribution in [0.25, 0.3) is 0 Å². The van der Waals surface area contributed by atoms with E-state index < -0.39 is 0 Å². The highest BCUT2D eigenvalue weighted by Gasteiger charge is 2.01. The minimum absolute atomic E-state index is 0.125. The van der Waals surface area contributed by atoms with Crippen LogP contribution in [0.2, 0.25) is 0 Å². The average molecular weight is 346 g/mol. The van der Waals surface area contributed by atoms with Crippen LogP contribution in [0.3, 0.4) is 0 Å². The minimum atomic E-state index is -0.365. The molecule has 3 N–H and O–H groups in total. The lowest BCUT2D eigenvalue weighted by molar-refractivity contribution is -0.131. The zero-order chi connectivity index (χ0) is 18.7. The number of rotatable bonds is 6. The number of unbranched alkanes of at least 4 members (excludes halogenated alkanes) is 3. The van der Waals surface area contributed by atoms with Gasteiger partial charge in [0.1, 0.15) is 23.0 Å². The second-order valence-corrected chi connectivity index (χ2v) is 5.71. The van der Waals surface area contributed by atoms with Crippen LogP contribution >= 0.6 is 0 Å². The zero-order valence-electron chi connectivity index (χ0n) is 14.7. The van der Waals surface area contributed by atoms with Gasteiger partial charge in [0, 0.05) is 13.0 Å². The first kappa shape index (κ1) is 20.4. The smallest absolute Gasteiger partial charge is 0.308 e. The highest BCUT2D eigenvalue weighted by atomic mass is 16.5. The van der Waals surface area contributed by atoms with Crippen molar-refractivity contribution in [2.24, 2.45) is 0 Å². The monoisotopic (exact) mass is 346 g/mol. The lowest BCUT2D eigenvalue weighted by Crippen LogP contribution is -2.00. The van der Waals surface area contributed by atoms with Crippen molar-refractivity contribution in [1.82, 2.24) is 0 Å². The van der Waals surface area contributed by atoms with E-state index in [1.807, 2.05) is 0 Å². The Kier molecular flexibility index (Phi) is 8.93. The van der Waals surface area contributed by atoms with Crippen LogP contribution in [0.5, 0.6) is 23.0 Å². The molecule has 0 unspecified atom stereocenters. The number of carbonyl (C=O) groups excluding carboxylic acids is 1. The van der Waals surface area contributed by atoms with E-state index in [-0.39, 0.29) is 23.2 Å². The first-order valence-corrected chi connectivity index (χ1v) is 8.40. The maximum absolute atomic E-state index is 10.4. The molecule has 0 aliphatic heterocycles. The molecule has 25 heavy (non-hydrogen) atoms. The van der Waals surface area contributed by atoms with Crippen LogP contribution in [-0.2, 0) is 11.2 Å². The minimum Gasteiger partial charge on any atom is -0.508 e. The van der Waals surface area contributed by atoms with Gasteiger partial charge < -0.3 is 20.1 Å². The molecule has 0 fully saturated rings. The van der Waals surface area contributed by atoms with Crippen LogP contribution in [0, 0.1) is 0 Å². The van der Waals surface area contributed by atoms with Crippen molar-refractivity contribution in [2.45, 2.75) is 46.0 Å². The predicted molar refractivity (Wildman–Crippen MR) is 97.0 cm³/mol. The van der Waals surface area contributed by atoms with Crippen molar-refractivity contribution in [1.29, 1.82) is 0 Å². The van der Waals surface area contributed by atoms with Crippen molar-refractivity contribution in [3.63, 3.8) is 0 Å². The Bertz CT molecular complexity index is 650. The number of esters is 1. The molecule has 0 radical (unpaired) electrons. The topological polar surface area (TPSA) is 87.0 Å². The van der Waals surface area contributed by atoms with E-state index in [1.54, 1.807) is 12.1 Å². The number of phenols is 3. The first-order valence-electron chi connectivity index (χ1n) is 8.40. The van der Waals surface area contributed by atoms with Gasteiger partial charge in [-0.25, -0.2) is 0 Å². The number of hydrogen-bond donors (Lipinski definition) is 3. The molecule has 5 heteroatoms. The van der Waals surface area contributed by atoms with Crippen LogP contribution in [0.1, 0.15) is 45.1 Å². The highest BCUT2D eigenvalue weighted by Crippen LogP contribution is 2.24. The van der Waals surface area contributed by atoms with Crippen molar-refractivity contribution in [2.75, 3.05) is 0 Å². The fourth-order valence-electron chi connectivity index (χ4n) is 2.19. The molecule has 0 aliphatic carbocycles. The fraction of sp³-hybridized carbons (Fsp3) is 0.350. The molecule has 2 aromatic carbocycles. The summed E-state index contributed by atoms with van der Waals surface area (Å²) in [6, 6.07) is 10.8. The van der Waals surface area contributed by atoms with Gasteiger partial charge in [-0.05, 0) is 48.7 Å². The summed E-state index contributed by atoms with van der Waals surface area (Å²) < 4.78 is 4.72. The molecule has 136 valence electrons. The molecule has 0 spiro atoms. The SMILES string of the molecule is CC(=O)Oc1ccc(O)cc1.CCCCCCc1ccc(O)cc1O. The normalized spacial score (nSPS) is 9.84. The summed E-state index contributed by atoms with van der Waals surface area (Å²) in [4.78, 5) is 10.4. The van der Waals surface area contributed by atoms with Gasteiger partial charge in [-0.2, -0.15) is 0 Å². The van der Waals surface area contributed by atoms with E-state index in [0.29, 0.717) is 5.75 Å². The molecule has 2 rings (SSSR count). The summed E-state index contributed by atoms with van der Waals surface area (Å²) in [5, 5.41) is 27.4. The third kappa shape index (κ3) is 8.65. The number of carbonyl (C=O) groups is 1. The lowest BCUT2D eigenvalue weighted by atomic mass is 10.1.